The molecule has 1 aliphatic rings. The number of rotatable bonds is 1. The van der Waals surface area contributed by atoms with Crippen LogP contribution in [0.2, 0.25) is 0 Å². The van der Waals surface area contributed by atoms with Gasteiger partial charge in [0.25, 0.3) is 0 Å². The number of halogens is 1. The van der Waals surface area contributed by atoms with E-state index in [1.807, 2.05) is 30.3 Å². The van der Waals surface area contributed by atoms with Gasteiger partial charge >= 0.3 is 5.97 Å². The second kappa shape index (κ2) is 4.26. The Kier molecular flexibility index (Phi) is 2.59. The standard InChI is InChI=1S/C15H11FO2/c16-13-8-4-7-11-12(13)9-14(18-15(11)17)10-5-2-1-3-6-10/h1-8,14H,9H2. The van der Waals surface area contributed by atoms with Crippen LogP contribution in [0.1, 0.15) is 27.6 Å². The summed E-state index contributed by atoms with van der Waals surface area (Å²) < 4.78 is 19.1. The summed E-state index contributed by atoms with van der Waals surface area (Å²) in [5.41, 5.74) is 1.67. The first kappa shape index (κ1) is 11.0. The van der Waals surface area contributed by atoms with Crippen molar-refractivity contribution in [3.05, 3.63) is 71.0 Å². The van der Waals surface area contributed by atoms with Crippen molar-refractivity contribution in [1.82, 2.24) is 0 Å². The molecule has 90 valence electrons. The van der Waals surface area contributed by atoms with Crippen LogP contribution in [0.3, 0.4) is 0 Å². The minimum absolute atomic E-state index is 0.335. The van der Waals surface area contributed by atoms with Gasteiger partial charge in [-0.1, -0.05) is 36.4 Å². The van der Waals surface area contributed by atoms with Gasteiger partial charge in [-0.25, -0.2) is 9.18 Å². The Hall–Kier alpha value is -2.16. The number of cyclic esters (lactones) is 1. The van der Waals surface area contributed by atoms with Gasteiger partial charge in [0.15, 0.2) is 0 Å². The highest BCUT2D eigenvalue weighted by molar-refractivity contribution is 5.92. The molecule has 0 aliphatic carbocycles. The Bertz CT molecular complexity index is 593. The normalized spacial score (nSPS) is 18.1. The van der Waals surface area contributed by atoms with Gasteiger partial charge in [-0.15, -0.1) is 0 Å². The first-order valence-corrected chi connectivity index (χ1v) is 5.79. The maximum atomic E-state index is 13.7. The molecule has 0 radical (unpaired) electrons. The van der Waals surface area contributed by atoms with Crippen LogP contribution in [0.15, 0.2) is 48.5 Å². The fraction of sp³-hybridized carbons (Fsp3) is 0.133. The quantitative estimate of drug-likeness (QED) is 0.717. The lowest BCUT2D eigenvalue weighted by Crippen LogP contribution is -2.22. The van der Waals surface area contributed by atoms with Crippen molar-refractivity contribution in [1.29, 1.82) is 0 Å². The molecule has 1 atom stereocenters. The number of ether oxygens (including phenoxy) is 1. The maximum absolute atomic E-state index is 13.7. The largest absolute Gasteiger partial charge is 0.454 e. The number of benzene rings is 2. The summed E-state index contributed by atoms with van der Waals surface area (Å²) in [5.74, 6) is -0.797. The third kappa shape index (κ3) is 1.78. The molecule has 0 aromatic heterocycles. The fourth-order valence-electron chi connectivity index (χ4n) is 2.23. The molecular weight excluding hydrogens is 231 g/mol. The second-order valence-electron chi connectivity index (χ2n) is 4.27. The zero-order valence-electron chi connectivity index (χ0n) is 9.60. The molecule has 2 aromatic rings. The van der Waals surface area contributed by atoms with E-state index >= 15 is 0 Å². The zero-order chi connectivity index (χ0) is 12.5. The molecule has 1 heterocycles. The van der Waals surface area contributed by atoms with Gasteiger partial charge in [0.2, 0.25) is 0 Å². The van der Waals surface area contributed by atoms with E-state index in [0.29, 0.717) is 17.5 Å². The number of carbonyl (C=O) groups is 1. The minimum Gasteiger partial charge on any atom is -0.454 e. The van der Waals surface area contributed by atoms with Crippen LogP contribution < -0.4 is 0 Å². The predicted octanol–water partition coefficient (Wildman–Crippen LogP) is 3.28. The zero-order valence-corrected chi connectivity index (χ0v) is 9.60. The summed E-state index contributed by atoms with van der Waals surface area (Å²) in [4.78, 5) is 11.8. The minimum atomic E-state index is -0.454. The van der Waals surface area contributed by atoms with Crippen LogP contribution in [0.25, 0.3) is 0 Å². The van der Waals surface area contributed by atoms with Crippen molar-refractivity contribution in [3.8, 4) is 0 Å². The first-order valence-electron chi connectivity index (χ1n) is 5.79. The van der Waals surface area contributed by atoms with Crippen molar-refractivity contribution in [2.45, 2.75) is 12.5 Å². The first-order chi connectivity index (χ1) is 8.75. The third-order valence-electron chi connectivity index (χ3n) is 3.15. The lowest BCUT2D eigenvalue weighted by Gasteiger charge is -2.25. The van der Waals surface area contributed by atoms with E-state index < -0.39 is 12.1 Å². The summed E-state index contributed by atoms with van der Waals surface area (Å²) in [7, 11) is 0. The van der Waals surface area contributed by atoms with Gasteiger partial charge in [0.05, 0.1) is 5.56 Å². The van der Waals surface area contributed by atoms with Gasteiger partial charge in [0.1, 0.15) is 11.9 Å². The molecule has 18 heavy (non-hydrogen) atoms. The monoisotopic (exact) mass is 242 g/mol. The summed E-state index contributed by atoms with van der Waals surface area (Å²) >= 11 is 0. The predicted molar refractivity (Wildman–Crippen MR) is 64.7 cm³/mol. The van der Waals surface area contributed by atoms with Gasteiger partial charge in [-0.05, 0) is 17.7 Å². The molecule has 0 saturated heterocycles. The van der Waals surface area contributed by atoms with E-state index in [4.69, 9.17) is 4.74 Å². The fourth-order valence-corrected chi connectivity index (χ4v) is 2.23. The van der Waals surface area contributed by atoms with Crippen molar-refractivity contribution >= 4 is 5.97 Å². The van der Waals surface area contributed by atoms with E-state index in [-0.39, 0.29) is 5.82 Å². The highest BCUT2D eigenvalue weighted by Gasteiger charge is 2.29. The summed E-state index contributed by atoms with van der Waals surface area (Å²) in [6, 6.07) is 13.9. The van der Waals surface area contributed by atoms with Gasteiger partial charge < -0.3 is 4.74 Å². The van der Waals surface area contributed by atoms with E-state index in [0.717, 1.165) is 5.56 Å². The van der Waals surface area contributed by atoms with Crippen LogP contribution in [0, 0.1) is 5.82 Å². The molecular formula is C15H11FO2. The number of esters is 1. The molecule has 0 N–H and O–H groups in total. The summed E-state index contributed by atoms with van der Waals surface area (Å²) in [6.45, 7) is 0. The van der Waals surface area contributed by atoms with E-state index in [9.17, 15) is 9.18 Å². The molecule has 2 nitrogen and oxygen atoms in total. The van der Waals surface area contributed by atoms with E-state index in [1.54, 1.807) is 6.07 Å². The molecule has 0 bridgehead atoms. The Labute approximate surface area is 104 Å². The van der Waals surface area contributed by atoms with Gasteiger partial charge in [-0.2, -0.15) is 0 Å². The van der Waals surface area contributed by atoms with Crippen LogP contribution in [0.4, 0.5) is 4.39 Å². The van der Waals surface area contributed by atoms with E-state index in [2.05, 4.69) is 0 Å². The molecule has 0 saturated carbocycles. The summed E-state index contributed by atoms with van der Waals surface area (Å²) in [6.07, 6.45) is -0.0132. The SMILES string of the molecule is O=C1OC(c2ccccc2)Cc2c(F)cccc21. The maximum Gasteiger partial charge on any atom is 0.339 e. The van der Waals surface area contributed by atoms with E-state index in [1.165, 1.54) is 12.1 Å². The Balaban J connectivity index is 2.01. The third-order valence-corrected chi connectivity index (χ3v) is 3.15. The van der Waals surface area contributed by atoms with Crippen LogP contribution in [-0.4, -0.2) is 5.97 Å². The van der Waals surface area contributed by atoms with Crippen molar-refractivity contribution in [2.24, 2.45) is 0 Å². The lowest BCUT2D eigenvalue weighted by atomic mass is 9.94. The van der Waals surface area contributed by atoms with Gasteiger partial charge in [-0.3, -0.25) is 0 Å². The average Bonchev–Trinajstić information content (AvgIpc) is 2.41. The van der Waals surface area contributed by atoms with Crippen LogP contribution in [-0.2, 0) is 11.2 Å². The molecule has 0 amide bonds. The van der Waals surface area contributed by atoms with Crippen LogP contribution in [0.5, 0.6) is 0 Å². The second-order valence-corrected chi connectivity index (χ2v) is 4.27. The molecule has 1 unspecified atom stereocenters. The van der Waals surface area contributed by atoms with Crippen LogP contribution >= 0.6 is 0 Å². The molecule has 3 rings (SSSR count). The number of fused-ring (bicyclic) bond motifs is 1. The molecule has 2 aromatic carbocycles. The average molecular weight is 242 g/mol. The molecule has 0 spiro atoms. The molecule has 1 aliphatic heterocycles. The number of carbonyl (C=O) groups excluding carboxylic acids is 1. The molecule has 3 heteroatoms. The number of hydrogen-bond acceptors (Lipinski definition) is 2. The molecule has 0 fully saturated rings. The topological polar surface area (TPSA) is 26.3 Å². The highest BCUT2D eigenvalue weighted by Crippen LogP contribution is 2.31. The Morgan fingerprint density at radius 1 is 1.06 bits per heavy atom. The smallest absolute Gasteiger partial charge is 0.339 e. The van der Waals surface area contributed by atoms with Crippen molar-refractivity contribution in [2.75, 3.05) is 0 Å². The Morgan fingerprint density at radius 2 is 1.83 bits per heavy atom. The number of hydrogen-bond donors (Lipinski definition) is 0. The van der Waals surface area contributed by atoms with Crippen molar-refractivity contribution in [3.63, 3.8) is 0 Å². The Morgan fingerprint density at radius 3 is 2.61 bits per heavy atom. The van der Waals surface area contributed by atoms with Gasteiger partial charge in [0, 0.05) is 12.0 Å². The lowest BCUT2D eigenvalue weighted by molar-refractivity contribution is 0.0248. The highest BCUT2D eigenvalue weighted by atomic mass is 19.1. The summed E-state index contributed by atoms with van der Waals surface area (Å²) in [5, 5.41) is 0. The van der Waals surface area contributed by atoms with Crippen molar-refractivity contribution < 1.29 is 13.9 Å².